The number of carbonyl (C=O) groups is 2. The minimum absolute atomic E-state index is 0.0989. The van der Waals surface area contributed by atoms with Gasteiger partial charge < -0.3 is 14.5 Å². The average molecular weight is 371 g/mol. The van der Waals surface area contributed by atoms with Gasteiger partial charge in [0.25, 0.3) is 5.91 Å². The van der Waals surface area contributed by atoms with Crippen LogP contribution >= 0.6 is 0 Å². The van der Waals surface area contributed by atoms with E-state index >= 15 is 0 Å². The van der Waals surface area contributed by atoms with Crippen molar-refractivity contribution in [1.29, 1.82) is 0 Å². The molecule has 27 heavy (non-hydrogen) atoms. The first-order valence-corrected chi connectivity index (χ1v) is 9.36. The third kappa shape index (κ3) is 4.38. The summed E-state index contributed by atoms with van der Waals surface area (Å²) in [6, 6.07) is 6.34. The number of amides is 1. The zero-order chi connectivity index (χ0) is 19.6. The smallest absolute Gasteiger partial charge is 0.374 e. The van der Waals surface area contributed by atoms with Crippen molar-refractivity contribution in [2.45, 2.75) is 46.1 Å². The van der Waals surface area contributed by atoms with E-state index in [-0.39, 0.29) is 23.1 Å². The fraction of sp³-hybridized carbons (Fsp3) is 0.476. The van der Waals surface area contributed by atoms with Crippen LogP contribution in [0.1, 0.15) is 49.2 Å². The number of esters is 1. The van der Waals surface area contributed by atoms with Crippen molar-refractivity contribution in [3.8, 4) is 0 Å². The van der Waals surface area contributed by atoms with Crippen LogP contribution in [-0.2, 0) is 9.53 Å². The topological polar surface area (TPSA) is 85.6 Å². The van der Waals surface area contributed by atoms with Crippen molar-refractivity contribution in [1.82, 2.24) is 5.32 Å². The summed E-state index contributed by atoms with van der Waals surface area (Å²) in [6.07, 6.45) is 3.19. The van der Waals surface area contributed by atoms with Crippen LogP contribution in [0.25, 0.3) is 11.0 Å². The standard InChI is InChI=1S/C21H25NO5/c1-12-7-8-18-15(9-12)17(23)10-19(27-18)21(25)26-11-20(24)22-16-6-4-5-13(2)14(16)3/h7-10,13-14,16H,4-6,11H2,1-3H3,(H,22,24)/t13-,14+,16+/m1/s1. The highest BCUT2D eigenvalue weighted by Gasteiger charge is 2.28. The summed E-state index contributed by atoms with van der Waals surface area (Å²) in [7, 11) is 0. The number of ether oxygens (including phenoxy) is 1. The molecule has 1 heterocycles. The van der Waals surface area contributed by atoms with E-state index in [2.05, 4.69) is 19.2 Å². The number of rotatable bonds is 4. The molecule has 0 spiro atoms. The molecule has 0 unspecified atom stereocenters. The van der Waals surface area contributed by atoms with Crippen molar-refractivity contribution < 1.29 is 18.7 Å². The molecule has 6 nitrogen and oxygen atoms in total. The van der Waals surface area contributed by atoms with Crippen LogP contribution in [0.3, 0.4) is 0 Å². The van der Waals surface area contributed by atoms with Gasteiger partial charge >= 0.3 is 5.97 Å². The minimum Gasteiger partial charge on any atom is -0.450 e. The summed E-state index contributed by atoms with van der Waals surface area (Å²) >= 11 is 0. The zero-order valence-corrected chi connectivity index (χ0v) is 15.9. The van der Waals surface area contributed by atoms with Crippen molar-refractivity contribution in [2.24, 2.45) is 11.8 Å². The van der Waals surface area contributed by atoms with Gasteiger partial charge in [-0.25, -0.2) is 4.79 Å². The lowest BCUT2D eigenvalue weighted by atomic mass is 9.78. The van der Waals surface area contributed by atoms with E-state index < -0.39 is 12.6 Å². The van der Waals surface area contributed by atoms with E-state index in [4.69, 9.17) is 9.15 Å². The summed E-state index contributed by atoms with van der Waals surface area (Å²) in [5.41, 5.74) is 0.920. The van der Waals surface area contributed by atoms with Crippen LogP contribution in [0.2, 0.25) is 0 Å². The quantitative estimate of drug-likeness (QED) is 0.834. The lowest BCUT2D eigenvalue weighted by Gasteiger charge is -2.34. The number of nitrogens with one attached hydrogen (secondary N) is 1. The predicted octanol–water partition coefficient (Wildman–Crippen LogP) is 3.20. The Labute approximate surface area is 157 Å². The molecule has 6 heteroatoms. The lowest BCUT2D eigenvalue weighted by Crippen LogP contribution is -2.45. The molecule has 1 fully saturated rings. The second-order valence-corrected chi connectivity index (χ2v) is 7.49. The first-order chi connectivity index (χ1) is 12.8. The number of aryl methyl sites for hydroxylation is 1. The number of hydrogen-bond acceptors (Lipinski definition) is 5. The third-order valence-electron chi connectivity index (χ3n) is 5.47. The molecule has 144 valence electrons. The Morgan fingerprint density at radius 1 is 1.22 bits per heavy atom. The Kier molecular flexibility index (Phi) is 5.63. The van der Waals surface area contributed by atoms with Crippen LogP contribution in [0, 0.1) is 18.8 Å². The minimum atomic E-state index is -0.824. The molecule has 1 N–H and O–H groups in total. The molecular weight excluding hydrogens is 346 g/mol. The van der Waals surface area contributed by atoms with E-state index in [1.54, 1.807) is 18.2 Å². The van der Waals surface area contributed by atoms with Crippen LogP contribution in [0.5, 0.6) is 0 Å². The van der Waals surface area contributed by atoms with Gasteiger partial charge in [-0.1, -0.05) is 38.3 Å². The first kappa shape index (κ1) is 19.1. The molecule has 0 aliphatic heterocycles. The summed E-state index contributed by atoms with van der Waals surface area (Å²) < 4.78 is 10.5. The number of benzene rings is 1. The van der Waals surface area contributed by atoms with E-state index in [0.717, 1.165) is 24.5 Å². The molecule has 0 radical (unpaired) electrons. The largest absolute Gasteiger partial charge is 0.450 e. The van der Waals surface area contributed by atoms with Crippen LogP contribution in [0.15, 0.2) is 33.5 Å². The highest BCUT2D eigenvalue weighted by molar-refractivity contribution is 5.90. The summed E-state index contributed by atoms with van der Waals surface area (Å²) in [6.45, 7) is 5.79. The molecule has 3 atom stereocenters. The Bertz CT molecular complexity index is 916. The van der Waals surface area contributed by atoms with Gasteiger partial charge in [0.2, 0.25) is 5.76 Å². The second kappa shape index (κ2) is 7.94. The fourth-order valence-corrected chi connectivity index (χ4v) is 3.61. The normalized spacial score (nSPS) is 22.4. The van der Waals surface area contributed by atoms with E-state index in [1.807, 2.05) is 6.92 Å². The van der Waals surface area contributed by atoms with Gasteiger partial charge in [0.05, 0.1) is 5.39 Å². The monoisotopic (exact) mass is 371 g/mol. The van der Waals surface area contributed by atoms with E-state index in [0.29, 0.717) is 22.8 Å². The van der Waals surface area contributed by atoms with Gasteiger partial charge in [-0.3, -0.25) is 9.59 Å². The van der Waals surface area contributed by atoms with Gasteiger partial charge in [0, 0.05) is 12.1 Å². The summed E-state index contributed by atoms with van der Waals surface area (Å²) in [5, 5.41) is 3.35. The molecule has 3 rings (SSSR count). The Morgan fingerprint density at radius 2 is 2.00 bits per heavy atom. The molecular formula is C21H25NO5. The molecule has 1 amide bonds. The van der Waals surface area contributed by atoms with Crippen LogP contribution in [0.4, 0.5) is 0 Å². The van der Waals surface area contributed by atoms with Gasteiger partial charge in [-0.15, -0.1) is 0 Å². The molecule has 0 saturated heterocycles. The van der Waals surface area contributed by atoms with Gasteiger partial charge in [0.15, 0.2) is 12.0 Å². The summed E-state index contributed by atoms with van der Waals surface area (Å²) in [5.74, 6) is -0.422. The molecule has 1 aliphatic carbocycles. The fourth-order valence-electron chi connectivity index (χ4n) is 3.61. The van der Waals surface area contributed by atoms with Crippen LogP contribution in [-0.4, -0.2) is 24.5 Å². The van der Waals surface area contributed by atoms with Crippen LogP contribution < -0.4 is 10.7 Å². The molecule has 2 aromatic rings. The maximum atomic E-state index is 12.2. The molecule has 1 aliphatic rings. The van der Waals surface area contributed by atoms with Crippen molar-refractivity contribution in [3.05, 3.63) is 45.8 Å². The van der Waals surface area contributed by atoms with Gasteiger partial charge in [-0.2, -0.15) is 0 Å². The maximum absolute atomic E-state index is 12.2. The van der Waals surface area contributed by atoms with Crippen molar-refractivity contribution >= 4 is 22.8 Å². The Morgan fingerprint density at radius 3 is 2.78 bits per heavy atom. The molecule has 1 aromatic carbocycles. The lowest BCUT2D eigenvalue weighted by molar-refractivity contribution is -0.125. The number of hydrogen-bond donors (Lipinski definition) is 1. The van der Waals surface area contributed by atoms with Crippen molar-refractivity contribution in [2.75, 3.05) is 6.61 Å². The van der Waals surface area contributed by atoms with E-state index in [9.17, 15) is 14.4 Å². The van der Waals surface area contributed by atoms with Gasteiger partial charge in [-0.05, 0) is 37.3 Å². The first-order valence-electron chi connectivity index (χ1n) is 9.36. The van der Waals surface area contributed by atoms with Crippen molar-refractivity contribution in [3.63, 3.8) is 0 Å². The molecule has 1 saturated carbocycles. The Hall–Kier alpha value is -2.63. The third-order valence-corrected chi connectivity index (χ3v) is 5.47. The highest BCUT2D eigenvalue weighted by Crippen LogP contribution is 2.29. The SMILES string of the molecule is Cc1ccc2oc(C(=O)OCC(=O)N[C@H]3CCC[C@@H](C)[C@@H]3C)cc(=O)c2c1. The molecule has 1 aromatic heterocycles. The zero-order valence-electron chi connectivity index (χ0n) is 15.9. The predicted molar refractivity (Wildman–Crippen MR) is 102 cm³/mol. The maximum Gasteiger partial charge on any atom is 0.374 e. The Balaban J connectivity index is 1.62. The average Bonchev–Trinajstić information content (AvgIpc) is 2.64. The van der Waals surface area contributed by atoms with Gasteiger partial charge in [0.1, 0.15) is 5.58 Å². The molecule has 0 bridgehead atoms. The number of fused-ring (bicyclic) bond motifs is 1. The second-order valence-electron chi connectivity index (χ2n) is 7.49. The van der Waals surface area contributed by atoms with E-state index in [1.165, 1.54) is 6.42 Å². The summed E-state index contributed by atoms with van der Waals surface area (Å²) in [4.78, 5) is 36.5. The highest BCUT2D eigenvalue weighted by atomic mass is 16.5. The number of carbonyl (C=O) groups excluding carboxylic acids is 2.